The van der Waals surface area contributed by atoms with Gasteiger partial charge in [-0.15, -0.1) is 0 Å². The molecule has 0 radical (unpaired) electrons. The van der Waals surface area contributed by atoms with Gasteiger partial charge in [-0.25, -0.2) is 0 Å². The number of hydrogen-bond donors (Lipinski definition) is 2. The predicted molar refractivity (Wildman–Crippen MR) is 55.8 cm³/mol. The fourth-order valence-corrected chi connectivity index (χ4v) is 3.21. The van der Waals surface area contributed by atoms with Gasteiger partial charge in [0.25, 0.3) is 0 Å². The largest absolute Gasteiger partial charge is 0.393 e. The van der Waals surface area contributed by atoms with Crippen LogP contribution in [0, 0.1) is 11.3 Å². The maximum absolute atomic E-state index is 10.3. The van der Waals surface area contributed by atoms with Crippen LogP contribution in [0.25, 0.3) is 0 Å². The zero-order chi connectivity index (χ0) is 10.4. The molecule has 0 heterocycles. The van der Waals surface area contributed by atoms with Crippen LogP contribution in [-0.4, -0.2) is 21.9 Å². The first-order chi connectivity index (χ1) is 6.47. The van der Waals surface area contributed by atoms with E-state index < -0.39 is 5.60 Å². The van der Waals surface area contributed by atoms with Crippen LogP contribution in [0.15, 0.2) is 12.2 Å². The third-order valence-electron chi connectivity index (χ3n) is 4.24. The van der Waals surface area contributed by atoms with Crippen molar-refractivity contribution in [1.29, 1.82) is 0 Å². The fraction of sp³-hybridized carbons (Fsp3) is 0.833. The van der Waals surface area contributed by atoms with E-state index in [0.717, 1.165) is 19.3 Å². The van der Waals surface area contributed by atoms with E-state index >= 15 is 0 Å². The molecular formula is C12H20O2. The van der Waals surface area contributed by atoms with E-state index in [1.54, 1.807) is 0 Å². The molecule has 80 valence electrons. The first-order valence-corrected chi connectivity index (χ1v) is 5.54. The summed E-state index contributed by atoms with van der Waals surface area (Å²) in [5.41, 5.74) is -0.749. The maximum Gasteiger partial charge on any atom is 0.0689 e. The van der Waals surface area contributed by atoms with Gasteiger partial charge < -0.3 is 10.2 Å². The monoisotopic (exact) mass is 196 g/mol. The van der Waals surface area contributed by atoms with Gasteiger partial charge >= 0.3 is 0 Å². The standard InChI is InChI=1S/C12H20O2/c1-11-7-4-3-5-9(11)12(2,14)8-6-10(11)13/h3,5,9-10,13-14H,4,6-8H2,1-2H3/t9-,10-,11-,12+/m1/s1. The molecule has 2 rings (SSSR count). The molecule has 0 saturated heterocycles. The van der Waals surface area contributed by atoms with Crippen molar-refractivity contribution in [2.24, 2.45) is 11.3 Å². The molecule has 0 unspecified atom stereocenters. The third kappa shape index (κ3) is 1.32. The number of aliphatic hydroxyl groups excluding tert-OH is 1. The molecular weight excluding hydrogens is 176 g/mol. The lowest BCUT2D eigenvalue weighted by Gasteiger charge is -2.52. The van der Waals surface area contributed by atoms with Crippen molar-refractivity contribution in [1.82, 2.24) is 0 Å². The van der Waals surface area contributed by atoms with E-state index in [9.17, 15) is 10.2 Å². The van der Waals surface area contributed by atoms with Gasteiger partial charge in [-0.2, -0.15) is 0 Å². The van der Waals surface area contributed by atoms with Gasteiger partial charge in [0.15, 0.2) is 0 Å². The molecule has 2 N–H and O–H groups in total. The van der Waals surface area contributed by atoms with Crippen molar-refractivity contribution >= 4 is 0 Å². The number of hydrogen-bond acceptors (Lipinski definition) is 2. The SMILES string of the molecule is C[C@@]12CCC=C[C@H]1[C@@](C)(O)CC[C@H]2O. The van der Waals surface area contributed by atoms with E-state index in [2.05, 4.69) is 19.1 Å². The Bertz CT molecular complexity index is 257. The van der Waals surface area contributed by atoms with Gasteiger partial charge in [-0.3, -0.25) is 0 Å². The van der Waals surface area contributed by atoms with Crippen LogP contribution in [0.1, 0.15) is 39.5 Å². The molecule has 0 amide bonds. The second kappa shape index (κ2) is 3.07. The minimum absolute atomic E-state index is 0.115. The average Bonchev–Trinajstić information content (AvgIpc) is 2.13. The lowest BCUT2D eigenvalue weighted by atomic mass is 9.56. The summed E-state index contributed by atoms with van der Waals surface area (Å²) >= 11 is 0. The van der Waals surface area contributed by atoms with Gasteiger partial charge in [0.2, 0.25) is 0 Å². The summed E-state index contributed by atoms with van der Waals surface area (Å²) in [7, 11) is 0. The lowest BCUT2D eigenvalue weighted by molar-refractivity contribution is -0.137. The Hall–Kier alpha value is -0.340. The highest BCUT2D eigenvalue weighted by Gasteiger charge is 2.51. The zero-order valence-corrected chi connectivity index (χ0v) is 9.03. The Balaban J connectivity index is 2.36. The minimum atomic E-state index is -0.634. The Kier molecular flexibility index (Phi) is 2.24. The van der Waals surface area contributed by atoms with Crippen LogP contribution < -0.4 is 0 Å². The molecule has 14 heavy (non-hydrogen) atoms. The molecule has 2 aliphatic rings. The number of allylic oxidation sites excluding steroid dienone is 1. The molecule has 0 aromatic carbocycles. The molecule has 1 fully saturated rings. The zero-order valence-electron chi connectivity index (χ0n) is 9.03. The Morgan fingerprint density at radius 2 is 2.00 bits per heavy atom. The Labute approximate surface area is 85.6 Å². The van der Waals surface area contributed by atoms with Crippen LogP contribution in [0.5, 0.6) is 0 Å². The van der Waals surface area contributed by atoms with Crippen molar-refractivity contribution in [3.63, 3.8) is 0 Å². The van der Waals surface area contributed by atoms with Crippen LogP contribution in [0.4, 0.5) is 0 Å². The first kappa shape index (κ1) is 10.2. The van der Waals surface area contributed by atoms with E-state index in [-0.39, 0.29) is 17.4 Å². The Morgan fingerprint density at radius 3 is 2.64 bits per heavy atom. The molecule has 2 heteroatoms. The summed E-state index contributed by atoms with van der Waals surface area (Å²) in [6, 6.07) is 0. The number of fused-ring (bicyclic) bond motifs is 1. The normalized spacial score (nSPS) is 52.9. The first-order valence-electron chi connectivity index (χ1n) is 5.54. The van der Waals surface area contributed by atoms with E-state index in [1.807, 2.05) is 6.92 Å². The minimum Gasteiger partial charge on any atom is -0.393 e. The van der Waals surface area contributed by atoms with Crippen LogP contribution in [0.2, 0.25) is 0 Å². The van der Waals surface area contributed by atoms with Crippen molar-refractivity contribution < 1.29 is 10.2 Å². The molecule has 2 aliphatic carbocycles. The van der Waals surface area contributed by atoms with Crippen molar-refractivity contribution in [3.05, 3.63) is 12.2 Å². The molecule has 1 saturated carbocycles. The number of aliphatic hydroxyl groups is 2. The average molecular weight is 196 g/mol. The molecule has 0 aliphatic heterocycles. The topological polar surface area (TPSA) is 40.5 Å². The van der Waals surface area contributed by atoms with Gasteiger partial charge in [-0.1, -0.05) is 19.1 Å². The van der Waals surface area contributed by atoms with Crippen molar-refractivity contribution in [3.8, 4) is 0 Å². The summed E-state index contributed by atoms with van der Waals surface area (Å²) in [4.78, 5) is 0. The molecule has 0 aromatic heterocycles. The predicted octanol–water partition coefficient (Wildman–Crippen LogP) is 1.86. The Morgan fingerprint density at radius 1 is 1.29 bits per heavy atom. The summed E-state index contributed by atoms with van der Waals surface area (Å²) in [5, 5.41) is 20.3. The molecule has 4 atom stereocenters. The van der Waals surface area contributed by atoms with E-state index in [4.69, 9.17) is 0 Å². The third-order valence-corrected chi connectivity index (χ3v) is 4.24. The van der Waals surface area contributed by atoms with E-state index in [0.29, 0.717) is 6.42 Å². The van der Waals surface area contributed by atoms with Crippen molar-refractivity contribution in [2.75, 3.05) is 0 Å². The molecule has 2 nitrogen and oxygen atoms in total. The van der Waals surface area contributed by atoms with Crippen LogP contribution in [-0.2, 0) is 0 Å². The smallest absolute Gasteiger partial charge is 0.0689 e. The van der Waals surface area contributed by atoms with Crippen LogP contribution in [0.3, 0.4) is 0 Å². The second-order valence-electron chi connectivity index (χ2n) is 5.36. The van der Waals surface area contributed by atoms with Gasteiger partial charge in [0.05, 0.1) is 11.7 Å². The molecule has 0 bridgehead atoms. The van der Waals surface area contributed by atoms with Gasteiger partial charge in [-0.05, 0) is 32.6 Å². The second-order valence-corrected chi connectivity index (χ2v) is 5.36. The highest BCUT2D eigenvalue weighted by atomic mass is 16.3. The quantitative estimate of drug-likeness (QED) is 0.581. The lowest BCUT2D eigenvalue weighted by Crippen LogP contribution is -2.54. The summed E-state index contributed by atoms with van der Waals surface area (Å²) in [6.45, 7) is 4.01. The van der Waals surface area contributed by atoms with Crippen LogP contribution >= 0.6 is 0 Å². The summed E-state index contributed by atoms with van der Waals surface area (Å²) < 4.78 is 0. The van der Waals surface area contributed by atoms with Gasteiger partial charge in [0.1, 0.15) is 0 Å². The van der Waals surface area contributed by atoms with Gasteiger partial charge in [0, 0.05) is 11.3 Å². The molecule has 0 spiro atoms. The number of rotatable bonds is 0. The maximum atomic E-state index is 10.3. The highest BCUT2D eigenvalue weighted by Crippen LogP contribution is 2.51. The summed E-state index contributed by atoms with van der Waals surface area (Å²) in [5.74, 6) is 0.118. The fourth-order valence-electron chi connectivity index (χ4n) is 3.21. The molecule has 0 aromatic rings. The highest BCUT2D eigenvalue weighted by molar-refractivity contribution is 5.13. The summed E-state index contributed by atoms with van der Waals surface area (Å²) in [6.07, 6.45) is 7.45. The van der Waals surface area contributed by atoms with E-state index in [1.165, 1.54) is 0 Å². The van der Waals surface area contributed by atoms with Crippen molar-refractivity contribution in [2.45, 2.75) is 51.2 Å².